The first-order valence-corrected chi connectivity index (χ1v) is 25.8. The number of aromatic amines is 1. The van der Waals surface area contributed by atoms with Gasteiger partial charge < -0.3 is 29.6 Å². The van der Waals surface area contributed by atoms with Crippen molar-refractivity contribution in [1.29, 1.82) is 0 Å². The summed E-state index contributed by atoms with van der Waals surface area (Å²) in [6, 6.07) is 21.1. The second-order valence-corrected chi connectivity index (χ2v) is 21.0. The molecule has 4 atom stereocenters. The highest BCUT2D eigenvalue weighted by molar-refractivity contribution is 6.31. The molecule has 6 aromatic rings. The van der Waals surface area contributed by atoms with Gasteiger partial charge >= 0.3 is 0 Å². The summed E-state index contributed by atoms with van der Waals surface area (Å²) in [5.41, 5.74) is 11.7. The minimum absolute atomic E-state index is 0. The average Bonchev–Trinajstić information content (AvgIpc) is 4.03. The van der Waals surface area contributed by atoms with Gasteiger partial charge in [0.05, 0.1) is 41.6 Å². The number of likely N-dealkylation sites (tertiary alicyclic amines) is 2. The van der Waals surface area contributed by atoms with Crippen molar-refractivity contribution in [1.82, 2.24) is 39.3 Å². The molecule has 71 heavy (non-hydrogen) atoms. The van der Waals surface area contributed by atoms with Crippen molar-refractivity contribution in [2.75, 3.05) is 40.3 Å². The number of H-pyrrole nitrogens is 1. The number of nitrogens with zero attached hydrogens (tertiary/aromatic N) is 7. The van der Waals surface area contributed by atoms with Crippen LogP contribution in [-0.2, 0) is 18.2 Å². The molecule has 2 aliphatic heterocycles. The number of allylic oxidation sites excluding steroid dienone is 2. The number of piperidine rings is 2. The minimum atomic E-state index is -0.971. The number of hydrogen-bond acceptors (Lipinski definition) is 8. The molecular formula is C59H76Cl2N8O2. The third-order valence-electron chi connectivity index (χ3n) is 15.8. The lowest BCUT2D eigenvalue weighted by atomic mass is 9.76. The molecule has 0 bridgehead atoms. The van der Waals surface area contributed by atoms with Crippen LogP contribution in [-0.4, -0.2) is 89.8 Å². The maximum absolute atomic E-state index is 11.5. The topological polar surface area (TPSA) is 119 Å². The zero-order valence-corrected chi connectivity index (χ0v) is 42.4. The van der Waals surface area contributed by atoms with E-state index < -0.39 is 11.2 Å². The summed E-state index contributed by atoms with van der Waals surface area (Å²) in [6.45, 7) is 8.49. The molecule has 0 spiro atoms. The highest BCUT2D eigenvalue weighted by atomic mass is 35.5. The van der Waals surface area contributed by atoms with E-state index in [1.165, 1.54) is 44.5 Å². The molecule has 10 nitrogen and oxygen atoms in total. The number of fused-ring (bicyclic) bond motifs is 4. The van der Waals surface area contributed by atoms with E-state index in [0.717, 1.165) is 97.5 Å². The summed E-state index contributed by atoms with van der Waals surface area (Å²) in [5, 5.41) is 24.4. The van der Waals surface area contributed by atoms with Crippen molar-refractivity contribution in [2.45, 2.75) is 116 Å². The van der Waals surface area contributed by atoms with E-state index in [2.05, 4.69) is 87.4 Å². The number of hydrogen-bond donors (Lipinski definition) is 3. The average molecular weight is 1000 g/mol. The highest BCUT2D eigenvalue weighted by Crippen LogP contribution is 2.48. The molecule has 0 radical (unpaired) electrons. The first-order chi connectivity index (χ1) is 33.4. The van der Waals surface area contributed by atoms with Gasteiger partial charge in [-0.05, 0) is 197 Å². The molecule has 0 saturated carbocycles. The quantitative estimate of drug-likeness (QED) is 0.111. The lowest BCUT2D eigenvalue weighted by Gasteiger charge is -2.35. The zero-order chi connectivity index (χ0) is 48.3. The SMILES string of the molecule is C.C.CCC(O)(CCC1=Cc2cc(Cl)ccc2C(C2CCN(C)CC2)c2ncccc21)c1cn(C)cn1.CCC(O)(CCC1=Cc2cc(Cl)ccc2C(C2CCN(C)CC2)c2ncccc21)c1cnc[nH]1. The molecule has 4 aliphatic rings. The van der Waals surface area contributed by atoms with Crippen LogP contribution in [0.4, 0.5) is 0 Å². The maximum Gasteiger partial charge on any atom is 0.108 e. The second-order valence-electron chi connectivity index (χ2n) is 20.2. The Labute approximate surface area is 433 Å². The van der Waals surface area contributed by atoms with E-state index in [0.29, 0.717) is 37.5 Å². The van der Waals surface area contributed by atoms with Gasteiger partial charge in [0, 0.05) is 47.5 Å². The summed E-state index contributed by atoms with van der Waals surface area (Å²) < 4.78 is 1.89. The van der Waals surface area contributed by atoms with Crippen molar-refractivity contribution >= 4 is 46.5 Å². The van der Waals surface area contributed by atoms with E-state index in [-0.39, 0.29) is 26.7 Å². The number of rotatable bonds is 12. The fourth-order valence-electron chi connectivity index (χ4n) is 11.5. The molecule has 2 saturated heterocycles. The standard InChI is InChI=1S/C29H35ClN4O.C28H33ClN4O.2CH4/c1-4-29(35,26-18-34(3)19-32-26)12-9-21-16-22-17-23(30)7-8-24(22)27(20-10-14-33(2)15-11-20)28-25(21)6-5-13-31-28;1-3-28(34,25-17-30-18-32-25)11-8-20-15-21-16-22(29)6-7-23(21)26(19-9-13-33(2)14-10-19)27-24(20)5-4-12-31-27;;/h5-8,13,16-20,27,35H,4,9-12,14-15H2,1-3H3;4-7,12,15-19,26,34H,3,8-11,13-14H2,1-2H3,(H,30,32);2*1H4. The number of benzene rings is 2. The molecule has 12 heteroatoms. The second kappa shape index (κ2) is 23.3. The van der Waals surface area contributed by atoms with Crippen molar-refractivity contribution in [2.24, 2.45) is 18.9 Å². The van der Waals surface area contributed by atoms with Crippen LogP contribution in [0.15, 0.2) is 98.1 Å². The van der Waals surface area contributed by atoms with Gasteiger partial charge in [-0.15, -0.1) is 0 Å². The third kappa shape index (κ3) is 11.6. The van der Waals surface area contributed by atoms with Gasteiger partial charge in [0.2, 0.25) is 0 Å². The Bertz CT molecular complexity index is 2770. The Hall–Kier alpha value is -4.94. The highest BCUT2D eigenvalue weighted by Gasteiger charge is 2.37. The van der Waals surface area contributed by atoms with Crippen molar-refractivity contribution in [3.8, 4) is 0 Å². The first kappa shape index (κ1) is 53.8. The number of nitrogens with one attached hydrogen (secondary N) is 1. The predicted octanol–water partition coefficient (Wildman–Crippen LogP) is 13.0. The van der Waals surface area contributed by atoms with E-state index >= 15 is 0 Å². The zero-order valence-electron chi connectivity index (χ0n) is 40.9. The van der Waals surface area contributed by atoms with Crippen molar-refractivity contribution < 1.29 is 10.2 Å². The van der Waals surface area contributed by atoms with Crippen LogP contribution in [0.5, 0.6) is 0 Å². The summed E-state index contributed by atoms with van der Waals surface area (Å²) in [4.78, 5) is 26.5. The predicted molar refractivity (Wildman–Crippen MR) is 293 cm³/mol. The Morgan fingerprint density at radius 3 is 1.56 bits per heavy atom. The fourth-order valence-corrected chi connectivity index (χ4v) is 11.9. The van der Waals surface area contributed by atoms with Crippen LogP contribution in [0.3, 0.4) is 0 Å². The molecule has 3 N–H and O–H groups in total. The summed E-state index contributed by atoms with van der Waals surface area (Å²) >= 11 is 13.0. The van der Waals surface area contributed by atoms with Crippen LogP contribution in [0.1, 0.15) is 161 Å². The fraction of sp³-hybridized carbons (Fsp3) is 0.458. The van der Waals surface area contributed by atoms with Gasteiger partial charge in [-0.2, -0.15) is 0 Å². The van der Waals surface area contributed by atoms with E-state index in [1.807, 2.05) is 68.3 Å². The van der Waals surface area contributed by atoms with Gasteiger partial charge in [0.15, 0.2) is 0 Å². The van der Waals surface area contributed by atoms with Crippen LogP contribution < -0.4 is 0 Å². The van der Waals surface area contributed by atoms with Gasteiger partial charge in [-0.3, -0.25) is 9.97 Å². The molecule has 10 rings (SSSR count). The Morgan fingerprint density at radius 1 is 0.662 bits per heavy atom. The lowest BCUT2D eigenvalue weighted by Crippen LogP contribution is -2.33. The summed E-state index contributed by atoms with van der Waals surface area (Å²) in [6.07, 6.45) is 23.9. The van der Waals surface area contributed by atoms with E-state index in [9.17, 15) is 10.2 Å². The van der Waals surface area contributed by atoms with Crippen LogP contribution in [0, 0.1) is 11.8 Å². The normalized spacial score (nSPS) is 20.0. The minimum Gasteiger partial charge on any atom is -0.384 e. The smallest absolute Gasteiger partial charge is 0.108 e. The number of pyridine rings is 2. The van der Waals surface area contributed by atoms with Crippen molar-refractivity contribution in [3.05, 3.63) is 164 Å². The summed E-state index contributed by atoms with van der Waals surface area (Å²) in [5.74, 6) is 1.55. The van der Waals surface area contributed by atoms with E-state index in [1.54, 1.807) is 18.9 Å². The largest absolute Gasteiger partial charge is 0.384 e. The van der Waals surface area contributed by atoms with Gasteiger partial charge in [-0.1, -0.05) is 88.3 Å². The molecule has 4 aromatic heterocycles. The summed E-state index contributed by atoms with van der Waals surface area (Å²) in [7, 11) is 6.35. The molecular weight excluding hydrogens is 924 g/mol. The number of aromatic nitrogens is 6. The molecule has 378 valence electrons. The first-order valence-electron chi connectivity index (χ1n) is 25.1. The van der Waals surface area contributed by atoms with Crippen molar-refractivity contribution in [3.63, 3.8) is 0 Å². The Balaban J connectivity index is 0.000000203. The van der Waals surface area contributed by atoms with Gasteiger partial charge in [-0.25, -0.2) is 9.97 Å². The molecule has 2 aliphatic carbocycles. The third-order valence-corrected chi connectivity index (χ3v) is 16.3. The number of imidazole rings is 2. The monoisotopic (exact) mass is 999 g/mol. The van der Waals surface area contributed by atoms with Gasteiger partial charge in [0.25, 0.3) is 0 Å². The number of aliphatic hydroxyl groups is 2. The van der Waals surface area contributed by atoms with Crippen LogP contribution >= 0.6 is 23.2 Å². The molecule has 6 heterocycles. The van der Waals surface area contributed by atoms with Crippen LogP contribution in [0.25, 0.3) is 23.3 Å². The molecule has 0 amide bonds. The Kier molecular flexibility index (Phi) is 17.7. The molecule has 2 fully saturated rings. The lowest BCUT2D eigenvalue weighted by molar-refractivity contribution is 0.0206. The van der Waals surface area contributed by atoms with E-state index in [4.69, 9.17) is 33.2 Å². The molecule has 4 unspecified atom stereocenters. The number of halogens is 2. The Morgan fingerprint density at radius 2 is 1.14 bits per heavy atom. The number of aryl methyl sites for hydroxylation is 1. The van der Waals surface area contributed by atoms with Crippen LogP contribution in [0.2, 0.25) is 10.0 Å². The molecule has 2 aromatic carbocycles. The maximum atomic E-state index is 11.5. The van der Waals surface area contributed by atoms with Gasteiger partial charge in [0.1, 0.15) is 11.2 Å².